The second kappa shape index (κ2) is 12.2. The Balaban J connectivity index is 0. The van der Waals surface area contributed by atoms with Crippen LogP contribution in [-0.2, 0) is 4.74 Å². The molecular weight excluding hydrogens is 228 g/mol. The van der Waals surface area contributed by atoms with Crippen LogP contribution in [0.1, 0.15) is 20.8 Å². The van der Waals surface area contributed by atoms with Gasteiger partial charge in [0.15, 0.2) is 0 Å². The average molecular weight is 256 g/mol. The number of alkyl halides is 2. The molecule has 0 aliphatic heterocycles. The van der Waals surface area contributed by atoms with E-state index in [1.54, 1.807) is 0 Å². The molecule has 1 unspecified atom stereocenters. The smallest absolute Gasteiger partial charge is 0.126 e. The molecule has 106 valence electrons. The molecule has 5 heteroatoms. The third-order valence-corrected chi connectivity index (χ3v) is 3.14. The average Bonchev–Trinajstić information content (AvgIpc) is 2.39. The maximum Gasteiger partial charge on any atom is 0.126 e. The first-order valence-corrected chi connectivity index (χ1v) is 6.18. The van der Waals surface area contributed by atoms with Crippen LogP contribution in [0.3, 0.4) is 0 Å². The molecule has 0 spiro atoms. The Hall–Kier alpha value is -0.260. The number of likely N-dealkylation sites (N-methyl/N-ethyl adjacent to an activating group) is 1. The first kappa shape index (κ1) is 19.1. The van der Waals surface area contributed by atoms with Gasteiger partial charge < -0.3 is 14.3 Å². The van der Waals surface area contributed by atoms with Crippen molar-refractivity contribution < 1.29 is 23.1 Å². The molecule has 0 fully saturated rings. The molecule has 0 aromatic rings. The predicted molar refractivity (Wildman–Crippen MR) is 66.6 cm³/mol. The van der Waals surface area contributed by atoms with Crippen LogP contribution in [0.4, 0.5) is 8.78 Å². The third-order valence-electron chi connectivity index (χ3n) is 3.14. The summed E-state index contributed by atoms with van der Waals surface area (Å²) in [6.45, 7) is 9.93. The number of hydrogen-bond donors (Lipinski definition) is 1. The third kappa shape index (κ3) is 8.46. The molecule has 3 nitrogen and oxygen atoms in total. The van der Waals surface area contributed by atoms with Gasteiger partial charge in [0.05, 0.1) is 40.0 Å². The fourth-order valence-electron chi connectivity index (χ4n) is 1.83. The first-order valence-electron chi connectivity index (χ1n) is 6.18. The maximum absolute atomic E-state index is 11.8. The van der Waals surface area contributed by atoms with Crippen molar-refractivity contribution in [3.63, 3.8) is 0 Å². The van der Waals surface area contributed by atoms with Crippen molar-refractivity contribution in [1.82, 2.24) is 0 Å². The lowest BCUT2D eigenvalue weighted by molar-refractivity contribution is -0.926. The summed E-state index contributed by atoms with van der Waals surface area (Å²) in [6, 6.07) is 0. The molecule has 0 rings (SSSR count). The van der Waals surface area contributed by atoms with Crippen molar-refractivity contribution in [2.75, 3.05) is 53.2 Å². The Morgan fingerprint density at radius 2 is 1.59 bits per heavy atom. The summed E-state index contributed by atoms with van der Waals surface area (Å²) >= 11 is 0. The van der Waals surface area contributed by atoms with E-state index in [1.165, 1.54) is 0 Å². The lowest BCUT2D eigenvalue weighted by Gasteiger charge is -2.37. The first-order chi connectivity index (χ1) is 8.14. The predicted octanol–water partition coefficient (Wildman–Crippen LogP) is 1.80. The quantitative estimate of drug-likeness (QED) is 0.503. The Kier molecular flexibility index (Phi) is 13.7. The minimum atomic E-state index is -0.489. The van der Waals surface area contributed by atoms with E-state index in [2.05, 4.69) is 20.8 Å². The van der Waals surface area contributed by atoms with E-state index in [1.807, 2.05) is 0 Å². The Morgan fingerprint density at radius 1 is 1.12 bits per heavy atom. The van der Waals surface area contributed by atoms with Crippen molar-refractivity contribution in [2.45, 2.75) is 26.9 Å². The van der Waals surface area contributed by atoms with Gasteiger partial charge in [-0.15, -0.1) is 0 Å². The van der Waals surface area contributed by atoms with Crippen molar-refractivity contribution in [3.05, 3.63) is 0 Å². The van der Waals surface area contributed by atoms with E-state index in [9.17, 15) is 13.9 Å². The van der Waals surface area contributed by atoms with Gasteiger partial charge >= 0.3 is 0 Å². The van der Waals surface area contributed by atoms with Gasteiger partial charge in [-0.3, -0.25) is 4.39 Å². The summed E-state index contributed by atoms with van der Waals surface area (Å²) in [5.74, 6) is 0. The maximum atomic E-state index is 11.8. The summed E-state index contributed by atoms with van der Waals surface area (Å²) in [5, 5.41) is 9.74. The number of rotatable bonds is 9. The number of ether oxygens (including phenoxy) is 1. The molecule has 0 saturated heterocycles. The molecule has 1 atom stereocenters. The normalized spacial score (nSPS) is 12.9. The van der Waals surface area contributed by atoms with Crippen molar-refractivity contribution in [2.24, 2.45) is 0 Å². The number of hydrogen-bond acceptors (Lipinski definition) is 2. The SMILES string of the molecule is CC[N+](CC)(CC)CC(O)COCCF.CF. The van der Waals surface area contributed by atoms with Gasteiger partial charge in [-0.2, -0.15) is 0 Å². The van der Waals surface area contributed by atoms with E-state index in [-0.39, 0.29) is 13.2 Å². The lowest BCUT2D eigenvalue weighted by atomic mass is 10.2. The molecule has 0 aromatic heterocycles. The van der Waals surface area contributed by atoms with Gasteiger partial charge in [0.25, 0.3) is 0 Å². The van der Waals surface area contributed by atoms with Gasteiger partial charge in [0.2, 0.25) is 0 Å². The molecule has 0 aliphatic carbocycles. The highest BCUT2D eigenvalue weighted by Gasteiger charge is 2.24. The van der Waals surface area contributed by atoms with Crippen LogP contribution < -0.4 is 0 Å². The van der Waals surface area contributed by atoms with Crippen molar-refractivity contribution >= 4 is 0 Å². The monoisotopic (exact) mass is 256 g/mol. The molecule has 0 aromatic carbocycles. The van der Waals surface area contributed by atoms with E-state index < -0.39 is 12.8 Å². The molecule has 0 radical (unpaired) electrons. The Morgan fingerprint density at radius 3 is 1.94 bits per heavy atom. The molecule has 17 heavy (non-hydrogen) atoms. The number of aliphatic hydroxyl groups is 1. The lowest BCUT2D eigenvalue weighted by Crippen LogP contribution is -2.52. The molecule has 0 amide bonds. The van der Waals surface area contributed by atoms with Crippen LogP contribution in [-0.4, -0.2) is 68.9 Å². The van der Waals surface area contributed by atoms with E-state index in [4.69, 9.17) is 4.74 Å². The summed E-state index contributed by atoms with van der Waals surface area (Å²) < 4.78 is 27.1. The number of nitrogens with zero attached hydrogens (tertiary/aromatic N) is 1. The molecule has 1 N–H and O–H groups in total. The fourth-order valence-corrected chi connectivity index (χ4v) is 1.83. The van der Waals surface area contributed by atoms with Gasteiger partial charge in [0.1, 0.15) is 19.3 Å². The number of aliphatic hydroxyl groups excluding tert-OH is 1. The van der Waals surface area contributed by atoms with E-state index in [0.29, 0.717) is 13.7 Å². The highest BCUT2D eigenvalue weighted by molar-refractivity contribution is 4.53. The van der Waals surface area contributed by atoms with Gasteiger partial charge in [-0.1, -0.05) is 0 Å². The highest BCUT2D eigenvalue weighted by atomic mass is 19.1. The molecule has 0 heterocycles. The van der Waals surface area contributed by atoms with Crippen LogP contribution in [0.5, 0.6) is 0 Å². The minimum absolute atomic E-state index is 0.0848. The summed E-state index contributed by atoms with van der Waals surface area (Å²) in [4.78, 5) is 0. The van der Waals surface area contributed by atoms with Crippen LogP contribution in [0.25, 0.3) is 0 Å². The Labute approximate surface area is 104 Å². The second-order valence-electron chi connectivity index (χ2n) is 3.89. The zero-order valence-electron chi connectivity index (χ0n) is 11.6. The fraction of sp³-hybridized carbons (Fsp3) is 1.00. The van der Waals surface area contributed by atoms with Gasteiger partial charge in [-0.25, -0.2) is 4.39 Å². The van der Waals surface area contributed by atoms with Crippen LogP contribution in [0.2, 0.25) is 0 Å². The van der Waals surface area contributed by atoms with Crippen molar-refractivity contribution in [3.8, 4) is 0 Å². The molecule has 0 bridgehead atoms. The summed E-state index contributed by atoms with van der Waals surface area (Å²) in [5.41, 5.74) is 0. The molecular formula is C12H28F2NO2+. The largest absolute Gasteiger partial charge is 0.385 e. The summed E-state index contributed by atoms with van der Waals surface area (Å²) in [6.07, 6.45) is -0.489. The van der Waals surface area contributed by atoms with Gasteiger partial charge in [-0.05, 0) is 20.8 Å². The van der Waals surface area contributed by atoms with Crippen LogP contribution >= 0.6 is 0 Å². The second-order valence-corrected chi connectivity index (χ2v) is 3.89. The van der Waals surface area contributed by atoms with E-state index >= 15 is 0 Å². The number of quaternary nitrogens is 1. The molecule has 0 aliphatic rings. The van der Waals surface area contributed by atoms with Gasteiger partial charge in [0, 0.05) is 0 Å². The summed E-state index contributed by atoms with van der Waals surface area (Å²) in [7, 11) is 0.500. The Bertz CT molecular complexity index is 147. The van der Waals surface area contributed by atoms with Crippen molar-refractivity contribution in [1.29, 1.82) is 0 Å². The highest BCUT2D eigenvalue weighted by Crippen LogP contribution is 2.07. The number of halogens is 2. The van der Waals surface area contributed by atoms with E-state index in [0.717, 1.165) is 24.1 Å². The molecule has 0 saturated carbocycles. The standard InChI is InChI=1S/C11H25FNO2.CH3F/c1-4-13(5-2,6-3)9-11(14)10-15-8-7-12;1-2/h11,14H,4-10H2,1-3H3;1H3/q+1;. The van der Waals surface area contributed by atoms with Crippen LogP contribution in [0, 0.1) is 0 Å². The van der Waals surface area contributed by atoms with Crippen LogP contribution in [0.15, 0.2) is 0 Å². The topological polar surface area (TPSA) is 29.5 Å². The zero-order chi connectivity index (χ0) is 13.7. The zero-order valence-corrected chi connectivity index (χ0v) is 11.6. The minimum Gasteiger partial charge on any atom is -0.385 e.